The van der Waals surface area contributed by atoms with Crippen molar-refractivity contribution < 1.29 is 9.13 Å². The Hall–Kier alpha value is -2.61. The Kier molecular flexibility index (Phi) is 4.19. The van der Waals surface area contributed by atoms with E-state index in [2.05, 4.69) is 24.3 Å². The van der Waals surface area contributed by atoms with Crippen molar-refractivity contribution in [3.05, 3.63) is 89.7 Å². The summed E-state index contributed by atoms with van der Waals surface area (Å²) in [5, 5.41) is 0. The summed E-state index contributed by atoms with van der Waals surface area (Å²) >= 11 is 0. The first kappa shape index (κ1) is 14.3. The molecule has 0 atom stereocenters. The second-order valence-corrected chi connectivity index (χ2v) is 5.12. The number of ether oxygens (including phenoxy) is 1. The monoisotopic (exact) mass is 291 g/mol. The fourth-order valence-electron chi connectivity index (χ4n) is 2.47. The SMILES string of the molecule is COc1[c]cc(Cc2ccccc2)cc1-c1ccc(F)cc1. The molecule has 0 saturated heterocycles. The first-order valence-electron chi connectivity index (χ1n) is 7.15. The van der Waals surface area contributed by atoms with E-state index in [-0.39, 0.29) is 5.82 Å². The summed E-state index contributed by atoms with van der Waals surface area (Å²) in [5.74, 6) is 0.426. The van der Waals surface area contributed by atoms with Gasteiger partial charge in [-0.05, 0) is 47.4 Å². The predicted octanol–water partition coefficient (Wildman–Crippen LogP) is 4.89. The highest BCUT2D eigenvalue weighted by molar-refractivity contribution is 5.71. The van der Waals surface area contributed by atoms with E-state index in [1.165, 1.54) is 17.7 Å². The fourth-order valence-corrected chi connectivity index (χ4v) is 2.47. The predicted molar refractivity (Wildman–Crippen MR) is 86.5 cm³/mol. The lowest BCUT2D eigenvalue weighted by molar-refractivity contribution is 0.415. The zero-order valence-corrected chi connectivity index (χ0v) is 12.3. The van der Waals surface area contributed by atoms with Gasteiger partial charge in [0.15, 0.2) is 0 Å². The Morgan fingerprint density at radius 1 is 0.955 bits per heavy atom. The molecule has 0 aliphatic rings. The maximum absolute atomic E-state index is 13.1. The summed E-state index contributed by atoms with van der Waals surface area (Å²) in [6, 6.07) is 23.9. The van der Waals surface area contributed by atoms with Crippen LogP contribution in [-0.2, 0) is 6.42 Å². The van der Waals surface area contributed by atoms with E-state index in [0.717, 1.165) is 23.1 Å². The summed E-state index contributed by atoms with van der Waals surface area (Å²) in [6.07, 6.45) is 0.829. The lowest BCUT2D eigenvalue weighted by Gasteiger charge is -2.11. The topological polar surface area (TPSA) is 9.23 Å². The van der Waals surface area contributed by atoms with Crippen LogP contribution in [0.5, 0.6) is 5.75 Å². The molecule has 0 spiro atoms. The summed E-state index contributed by atoms with van der Waals surface area (Å²) in [6.45, 7) is 0. The van der Waals surface area contributed by atoms with Gasteiger partial charge in [0.05, 0.1) is 7.11 Å². The molecular weight excluding hydrogens is 275 g/mol. The highest BCUT2D eigenvalue weighted by Crippen LogP contribution is 2.31. The number of rotatable bonds is 4. The number of methoxy groups -OCH3 is 1. The number of halogens is 1. The minimum atomic E-state index is -0.243. The third-order valence-corrected chi connectivity index (χ3v) is 3.57. The van der Waals surface area contributed by atoms with E-state index in [9.17, 15) is 4.39 Å². The van der Waals surface area contributed by atoms with Gasteiger partial charge in [-0.3, -0.25) is 0 Å². The molecule has 3 aromatic carbocycles. The molecule has 0 heterocycles. The van der Waals surface area contributed by atoms with E-state index in [1.54, 1.807) is 19.2 Å². The van der Waals surface area contributed by atoms with Crippen molar-refractivity contribution >= 4 is 0 Å². The molecule has 0 amide bonds. The van der Waals surface area contributed by atoms with E-state index in [0.29, 0.717) is 5.75 Å². The molecule has 0 bridgehead atoms. The maximum atomic E-state index is 13.1. The molecule has 0 fully saturated rings. The minimum Gasteiger partial charge on any atom is -0.495 e. The first-order valence-corrected chi connectivity index (χ1v) is 7.15. The highest BCUT2D eigenvalue weighted by atomic mass is 19.1. The molecular formula is C20H16FO. The number of hydrogen-bond acceptors (Lipinski definition) is 1. The molecule has 0 aliphatic heterocycles. The van der Waals surface area contributed by atoms with Crippen LogP contribution in [0.25, 0.3) is 11.1 Å². The van der Waals surface area contributed by atoms with Crippen molar-refractivity contribution in [1.29, 1.82) is 0 Å². The van der Waals surface area contributed by atoms with E-state index in [1.807, 2.05) is 24.3 Å². The fraction of sp³-hybridized carbons (Fsp3) is 0.100. The van der Waals surface area contributed by atoms with Gasteiger partial charge >= 0.3 is 0 Å². The summed E-state index contributed by atoms with van der Waals surface area (Å²) in [4.78, 5) is 0. The lowest BCUT2D eigenvalue weighted by Crippen LogP contribution is -1.93. The normalized spacial score (nSPS) is 10.5. The van der Waals surface area contributed by atoms with Crippen LogP contribution < -0.4 is 4.74 Å². The largest absolute Gasteiger partial charge is 0.495 e. The van der Waals surface area contributed by atoms with Crippen molar-refractivity contribution in [2.45, 2.75) is 6.42 Å². The zero-order chi connectivity index (χ0) is 15.4. The molecule has 3 rings (SSSR count). The molecule has 2 heteroatoms. The Balaban J connectivity index is 1.97. The Bertz CT molecular complexity index is 748. The molecule has 0 N–H and O–H groups in total. The third kappa shape index (κ3) is 3.17. The van der Waals surface area contributed by atoms with Crippen LogP contribution in [-0.4, -0.2) is 7.11 Å². The van der Waals surface area contributed by atoms with Crippen molar-refractivity contribution in [3.63, 3.8) is 0 Å². The van der Waals surface area contributed by atoms with Crippen molar-refractivity contribution in [1.82, 2.24) is 0 Å². The molecule has 0 saturated carbocycles. The van der Waals surface area contributed by atoms with Gasteiger partial charge in [-0.2, -0.15) is 0 Å². The average molecular weight is 291 g/mol. The number of benzene rings is 3. The molecule has 0 aromatic heterocycles. The number of hydrogen-bond donors (Lipinski definition) is 0. The average Bonchev–Trinajstić information content (AvgIpc) is 2.56. The van der Waals surface area contributed by atoms with Crippen LogP contribution in [0.4, 0.5) is 4.39 Å². The Labute approximate surface area is 130 Å². The first-order chi connectivity index (χ1) is 10.8. The van der Waals surface area contributed by atoms with Gasteiger partial charge in [0.2, 0.25) is 0 Å². The highest BCUT2D eigenvalue weighted by Gasteiger charge is 2.08. The summed E-state index contributed by atoms with van der Waals surface area (Å²) in [7, 11) is 1.62. The lowest BCUT2D eigenvalue weighted by atomic mass is 9.98. The van der Waals surface area contributed by atoms with Crippen LogP contribution >= 0.6 is 0 Å². The van der Waals surface area contributed by atoms with Crippen LogP contribution in [0.1, 0.15) is 11.1 Å². The van der Waals surface area contributed by atoms with Crippen molar-refractivity contribution in [3.8, 4) is 16.9 Å². The molecule has 1 radical (unpaired) electrons. The standard InChI is InChI=1S/C20H16FO/c1-22-20-12-7-16(13-15-5-3-2-4-6-15)14-19(20)17-8-10-18(21)11-9-17/h2-11,14H,13H2,1H3. The van der Waals surface area contributed by atoms with Gasteiger partial charge in [-0.15, -0.1) is 0 Å². The van der Waals surface area contributed by atoms with Gasteiger partial charge in [-0.25, -0.2) is 4.39 Å². The van der Waals surface area contributed by atoms with Crippen LogP contribution in [0, 0.1) is 11.9 Å². The second-order valence-electron chi connectivity index (χ2n) is 5.12. The van der Waals surface area contributed by atoms with Crippen molar-refractivity contribution in [2.75, 3.05) is 7.11 Å². The van der Waals surface area contributed by atoms with Gasteiger partial charge in [-0.1, -0.05) is 42.5 Å². The van der Waals surface area contributed by atoms with Gasteiger partial charge in [0.25, 0.3) is 0 Å². The van der Waals surface area contributed by atoms with Crippen LogP contribution in [0.3, 0.4) is 0 Å². The molecule has 3 aromatic rings. The van der Waals surface area contributed by atoms with Crippen LogP contribution in [0.15, 0.2) is 66.7 Å². The molecule has 0 unspecified atom stereocenters. The molecule has 0 aliphatic carbocycles. The van der Waals surface area contributed by atoms with Gasteiger partial charge < -0.3 is 4.74 Å². The quantitative estimate of drug-likeness (QED) is 0.665. The van der Waals surface area contributed by atoms with Crippen LogP contribution in [0.2, 0.25) is 0 Å². The molecule has 1 nitrogen and oxygen atoms in total. The zero-order valence-electron chi connectivity index (χ0n) is 12.3. The summed E-state index contributed by atoms with van der Waals surface area (Å²) < 4.78 is 18.5. The van der Waals surface area contributed by atoms with E-state index >= 15 is 0 Å². The Morgan fingerprint density at radius 3 is 2.36 bits per heavy atom. The van der Waals surface area contributed by atoms with E-state index < -0.39 is 0 Å². The molecule has 22 heavy (non-hydrogen) atoms. The summed E-state index contributed by atoms with van der Waals surface area (Å²) in [5.41, 5.74) is 4.23. The van der Waals surface area contributed by atoms with Gasteiger partial charge in [0, 0.05) is 11.6 Å². The third-order valence-electron chi connectivity index (χ3n) is 3.57. The Morgan fingerprint density at radius 2 is 1.68 bits per heavy atom. The minimum absolute atomic E-state index is 0.243. The van der Waals surface area contributed by atoms with Crippen molar-refractivity contribution in [2.24, 2.45) is 0 Å². The smallest absolute Gasteiger partial charge is 0.134 e. The molecule has 109 valence electrons. The van der Waals surface area contributed by atoms with Gasteiger partial charge in [0.1, 0.15) is 11.6 Å². The maximum Gasteiger partial charge on any atom is 0.134 e. The van der Waals surface area contributed by atoms with E-state index in [4.69, 9.17) is 4.74 Å². The second kappa shape index (κ2) is 6.44.